The number of benzene rings is 1. The molecular weight excluding hydrogens is 383 g/mol. The third-order valence-electron chi connectivity index (χ3n) is 3.77. The van der Waals surface area contributed by atoms with Crippen LogP contribution in [0.3, 0.4) is 0 Å². The second-order valence-electron chi connectivity index (χ2n) is 5.87. The number of amides is 1. The van der Waals surface area contributed by atoms with Gasteiger partial charge in [0.25, 0.3) is 0 Å². The zero-order valence-electron chi connectivity index (χ0n) is 14.2. The summed E-state index contributed by atoms with van der Waals surface area (Å²) in [6.07, 6.45) is -2.44. The van der Waals surface area contributed by atoms with Crippen molar-refractivity contribution in [3.8, 4) is 5.75 Å². The average molecular weight is 398 g/mol. The van der Waals surface area contributed by atoms with E-state index in [2.05, 4.69) is 15.3 Å². The van der Waals surface area contributed by atoms with Crippen molar-refractivity contribution in [3.05, 3.63) is 52.9 Å². The smallest absolute Gasteiger partial charge is 0.433 e. The predicted octanol–water partition coefficient (Wildman–Crippen LogP) is 4.82. The van der Waals surface area contributed by atoms with Gasteiger partial charge in [-0.25, -0.2) is 4.98 Å². The van der Waals surface area contributed by atoms with Gasteiger partial charge < -0.3 is 15.0 Å². The Morgan fingerprint density at radius 2 is 2.07 bits per heavy atom. The van der Waals surface area contributed by atoms with Gasteiger partial charge in [-0.05, 0) is 17.7 Å². The lowest BCUT2D eigenvalue weighted by Gasteiger charge is -2.10. The fraction of sp³-hybridized carbons (Fsp3) is 0.222. The Morgan fingerprint density at radius 1 is 1.30 bits per heavy atom. The number of aromatic nitrogens is 2. The van der Waals surface area contributed by atoms with Crippen LogP contribution in [0.2, 0.25) is 5.15 Å². The zero-order chi connectivity index (χ0) is 19.6. The van der Waals surface area contributed by atoms with E-state index in [1.807, 2.05) is 18.2 Å². The van der Waals surface area contributed by atoms with E-state index in [9.17, 15) is 18.0 Å². The highest BCUT2D eigenvalue weighted by molar-refractivity contribution is 6.29. The van der Waals surface area contributed by atoms with Crippen molar-refractivity contribution in [2.24, 2.45) is 0 Å². The molecule has 5 nitrogen and oxygen atoms in total. The van der Waals surface area contributed by atoms with Crippen molar-refractivity contribution in [2.45, 2.75) is 19.5 Å². The number of nitrogens with one attached hydrogen (secondary N) is 2. The molecule has 0 fully saturated rings. The van der Waals surface area contributed by atoms with Crippen molar-refractivity contribution in [2.75, 3.05) is 11.9 Å². The van der Waals surface area contributed by atoms with Crippen LogP contribution in [0.1, 0.15) is 18.2 Å². The maximum Gasteiger partial charge on any atom is 0.433 e. The van der Waals surface area contributed by atoms with E-state index in [4.69, 9.17) is 16.3 Å². The first-order valence-electron chi connectivity index (χ1n) is 7.97. The number of anilines is 1. The van der Waals surface area contributed by atoms with Crippen LogP contribution < -0.4 is 10.1 Å². The molecule has 0 unspecified atom stereocenters. The topological polar surface area (TPSA) is 67.0 Å². The molecule has 27 heavy (non-hydrogen) atoms. The highest BCUT2D eigenvalue weighted by Gasteiger charge is 2.33. The molecule has 0 bridgehead atoms. The molecule has 2 heterocycles. The van der Waals surface area contributed by atoms with Gasteiger partial charge in [0.2, 0.25) is 5.91 Å². The molecule has 0 aliphatic heterocycles. The Balaban J connectivity index is 1.70. The van der Waals surface area contributed by atoms with Crippen LogP contribution in [0.5, 0.6) is 5.75 Å². The number of aromatic amines is 1. The maximum absolute atomic E-state index is 12.8. The molecule has 0 saturated heterocycles. The highest BCUT2D eigenvalue weighted by atomic mass is 35.5. The largest absolute Gasteiger partial charge is 0.493 e. The summed E-state index contributed by atoms with van der Waals surface area (Å²) in [5.74, 6) is -0.177. The number of ether oxygens (including phenoxy) is 1. The average Bonchev–Trinajstić information content (AvgIpc) is 2.95. The van der Waals surface area contributed by atoms with Gasteiger partial charge >= 0.3 is 6.18 Å². The SMILES string of the molecule is CC(=O)Nc1c[nH]c2ccc(CCOc3cc(Cl)nc(C(F)(F)F)c3)cc12. The number of hydrogen-bond donors (Lipinski definition) is 2. The lowest BCUT2D eigenvalue weighted by molar-refractivity contribution is -0.141. The minimum Gasteiger partial charge on any atom is -0.493 e. The van der Waals surface area contributed by atoms with Gasteiger partial charge in [0, 0.05) is 42.6 Å². The Labute approximate surface area is 157 Å². The number of H-pyrrole nitrogens is 1. The van der Waals surface area contributed by atoms with Crippen LogP contribution in [0.4, 0.5) is 18.9 Å². The number of fused-ring (bicyclic) bond motifs is 1. The molecule has 142 valence electrons. The molecule has 1 amide bonds. The second-order valence-corrected chi connectivity index (χ2v) is 6.26. The molecule has 0 saturated carbocycles. The van der Waals surface area contributed by atoms with Crippen LogP contribution in [-0.2, 0) is 17.4 Å². The van der Waals surface area contributed by atoms with Gasteiger partial charge in [0.05, 0.1) is 12.3 Å². The van der Waals surface area contributed by atoms with Gasteiger partial charge in [0.1, 0.15) is 16.6 Å². The number of halogens is 4. The lowest BCUT2D eigenvalue weighted by Crippen LogP contribution is -2.09. The number of nitrogens with zero attached hydrogens (tertiary/aromatic N) is 1. The summed E-state index contributed by atoms with van der Waals surface area (Å²) in [4.78, 5) is 17.6. The molecule has 3 aromatic rings. The molecule has 2 N–H and O–H groups in total. The minimum absolute atomic E-state index is 0.00369. The van der Waals surface area contributed by atoms with Crippen LogP contribution in [0, 0.1) is 0 Å². The first-order valence-corrected chi connectivity index (χ1v) is 8.35. The Bertz CT molecular complexity index is 986. The molecule has 0 aliphatic rings. The number of carbonyl (C=O) groups is 1. The number of rotatable bonds is 5. The Hall–Kier alpha value is -2.74. The molecule has 0 radical (unpaired) electrons. The second kappa shape index (κ2) is 7.48. The predicted molar refractivity (Wildman–Crippen MR) is 96.1 cm³/mol. The zero-order valence-corrected chi connectivity index (χ0v) is 14.9. The number of carbonyl (C=O) groups excluding carboxylic acids is 1. The quantitative estimate of drug-likeness (QED) is 0.607. The summed E-state index contributed by atoms with van der Waals surface area (Å²) in [5.41, 5.74) is 1.33. The third kappa shape index (κ3) is 4.71. The van der Waals surface area contributed by atoms with Crippen molar-refractivity contribution in [1.29, 1.82) is 0 Å². The van der Waals surface area contributed by atoms with Crippen LogP contribution >= 0.6 is 11.6 Å². The summed E-state index contributed by atoms with van der Waals surface area (Å²) in [6.45, 7) is 1.58. The first kappa shape index (κ1) is 19.0. The fourth-order valence-corrected chi connectivity index (χ4v) is 2.80. The normalized spacial score (nSPS) is 11.6. The number of alkyl halides is 3. The van der Waals surface area contributed by atoms with Gasteiger partial charge in [-0.15, -0.1) is 0 Å². The van der Waals surface area contributed by atoms with Crippen LogP contribution in [-0.4, -0.2) is 22.5 Å². The third-order valence-corrected chi connectivity index (χ3v) is 3.97. The summed E-state index contributed by atoms with van der Waals surface area (Å²) < 4.78 is 43.7. The fourth-order valence-electron chi connectivity index (χ4n) is 2.61. The van der Waals surface area contributed by atoms with Crippen molar-refractivity contribution < 1.29 is 22.7 Å². The summed E-state index contributed by atoms with van der Waals surface area (Å²) in [7, 11) is 0. The van der Waals surface area contributed by atoms with Gasteiger partial charge in [-0.2, -0.15) is 13.2 Å². The Morgan fingerprint density at radius 3 is 2.78 bits per heavy atom. The van der Waals surface area contributed by atoms with E-state index < -0.39 is 11.9 Å². The molecule has 0 spiro atoms. The van der Waals surface area contributed by atoms with Crippen molar-refractivity contribution in [1.82, 2.24) is 9.97 Å². The van der Waals surface area contributed by atoms with E-state index in [0.29, 0.717) is 12.1 Å². The maximum atomic E-state index is 12.8. The first-order chi connectivity index (χ1) is 12.7. The van der Waals surface area contributed by atoms with Crippen LogP contribution in [0.25, 0.3) is 10.9 Å². The molecule has 2 aromatic heterocycles. The lowest BCUT2D eigenvalue weighted by atomic mass is 10.1. The summed E-state index contributed by atoms with van der Waals surface area (Å²) in [6, 6.07) is 7.68. The van der Waals surface area contributed by atoms with E-state index in [1.165, 1.54) is 13.0 Å². The summed E-state index contributed by atoms with van der Waals surface area (Å²) in [5, 5.41) is 3.29. The van der Waals surface area contributed by atoms with Crippen molar-refractivity contribution in [3.63, 3.8) is 0 Å². The van der Waals surface area contributed by atoms with Gasteiger partial charge in [0.15, 0.2) is 0 Å². The molecular formula is C18H15ClF3N3O2. The van der Waals surface area contributed by atoms with Crippen LogP contribution in [0.15, 0.2) is 36.5 Å². The molecule has 3 rings (SSSR count). The van der Waals surface area contributed by atoms with Gasteiger partial charge in [-0.3, -0.25) is 4.79 Å². The molecule has 0 aliphatic carbocycles. The monoisotopic (exact) mass is 397 g/mol. The highest BCUT2D eigenvalue weighted by Crippen LogP contribution is 2.31. The van der Waals surface area contributed by atoms with E-state index >= 15 is 0 Å². The molecule has 1 aromatic carbocycles. The van der Waals surface area contributed by atoms with Crippen molar-refractivity contribution >= 4 is 34.1 Å². The summed E-state index contributed by atoms with van der Waals surface area (Å²) >= 11 is 5.63. The number of pyridine rings is 1. The van der Waals surface area contributed by atoms with Gasteiger partial charge in [-0.1, -0.05) is 17.7 Å². The Kier molecular flexibility index (Phi) is 5.27. The van der Waals surface area contributed by atoms with E-state index in [1.54, 1.807) is 6.20 Å². The minimum atomic E-state index is -4.59. The van der Waals surface area contributed by atoms with E-state index in [-0.39, 0.29) is 23.4 Å². The van der Waals surface area contributed by atoms with E-state index in [0.717, 1.165) is 22.5 Å². The standard InChI is InChI=1S/C18H15ClF3N3O2/c1-10(26)24-15-9-23-14-3-2-11(6-13(14)15)4-5-27-12-7-16(18(20,21)22)25-17(19)8-12/h2-3,6-9,23H,4-5H2,1H3,(H,24,26). The molecule has 9 heteroatoms. The molecule has 0 atom stereocenters. The number of hydrogen-bond acceptors (Lipinski definition) is 3.